The van der Waals surface area contributed by atoms with Crippen molar-refractivity contribution in [2.45, 2.75) is 51.9 Å². The Hall–Kier alpha value is -3.42. The predicted molar refractivity (Wildman–Crippen MR) is 129 cm³/mol. The zero-order valence-electron chi connectivity index (χ0n) is 20.4. The summed E-state index contributed by atoms with van der Waals surface area (Å²) in [6.07, 6.45) is 3.05. The standard InChI is InChI=1S/C27H30F2N4O2/c1-5-33(26(35)18-10-12-30-23(34)13-18)15-27(16(2)3)11-9-17(4)19-14-22(31-32-25(19)27)24-20(28)7-6-8-21(24)29/h6-8,10,12-14,16-17H,5,9,11,15H2,1-4H3,(H,30,34)/t17-,27+/m0/s1. The molecule has 0 aliphatic heterocycles. The molecule has 1 aliphatic rings. The van der Waals surface area contributed by atoms with Crippen LogP contribution in [0.15, 0.2) is 42.6 Å². The van der Waals surface area contributed by atoms with Gasteiger partial charge in [0.25, 0.3) is 5.91 Å². The maximum absolute atomic E-state index is 14.5. The minimum atomic E-state index is -0.679. The summed E-state index contributed by atoms with van der Waals surface area (Å²) >= 11 is 0. The van der Waals surface area contributed by atoms with E-state index in [9.17, 15) is 18.7 Å². The first-order valence-corrected chi connectivity index (χ1v) is 11.9. The zero-order chi connectivity index (χ0) is 25.3. The summed E-state index contributed by atoms with van der Waals surface area (Å²) in [6, 6.07) is 8.44. The topological polar surface area (TPSA) is 79.2 Å². The molecule has 0 fully saturated rings. The molecule has 0 bridgehead atoms. The fourth-order valence-corrected chi connectivity index (χ4v) is 5.08. The van der Waals surface area contributed by atoms with Crippen molar-refractivity contribution in [2.24, 2.45) is 5.92 Å². The summed E-state index contributed by atoms with van der Waals surface area (Å²) in [6.45, 7) is 9.06. The Kier molecular flexibility index (Phi) is 6.83. The number of rotatable bonds is 6. The molecule has 0 unspecified atom stereocenters. The average molecular weight is 481 g/mol. The SMILES string of the molecule is CCN(C[C@@]1(C(C)C)CC[C@H](C)c2cc(-c3c(F)cccc3F)nnc21)C(=O)c1ccnc(O)c1. The summed E-state index contributed by atoms with van der Waals surface area (Å²) in [7, 11) is 0. The van der Waals surface area contributed by atoms with Crippen molar-refractivity contribution in [2.75, 3.05) is 13.1 Å². The van der Waals surface area contributed by atoms with Gasteiger partial charge in [0.2, 0.25) is 5.88 Å². The number of halogens is 2. The Morgan fingerprint density at radius 1 is 1.20 bits per heavy atom. The van der Waals surface area contributed by atoms with E-state index in [1.807, 2.05) is 6.92 Å². The molecule has 1 aromatic carbocycles. The van der Waals surface area contributed by atoms with Gasteiger partial charge in [-0.15, -0.1) is 0 Å². The van der Waals surface area contributed by atoms with Crippen LogP contribution in [0.25, 0.3) is 11.3 Å². The van der Waals surface area contributed by atoms with Crippen LogP contribution in [0.1, 0.15) is 68.1 Å². The lowest BCUT2D eigenvalue weighted by Crippen LogP contribution is -2.49. The van der Waals surface area contributed by atoms with Crippen LogP contribution in [0.4, 0.5) is 8.78 Å². The van der Waals surface area contributed by atoms with Crippen LogP contribution in [-0.2, 0) is 5.41 Å². The molecule has 0 saturated heterocycles. The largest absolute Gasteiger partial charge is 0.493 e. The maximum atomic E-state index is 14.5. The molecule has 2 heterocycles. The highest BCUT2D eigenvalue weighted by atomic mass is 19.1. The third-order valence-corrected chi connectivity index (χ3v) is 7.31. The van der Waals surface area contributed by atoms with Gasteiger partial charge in [-0.2, -0.15) is 10.2 Å². The number of aromatic hydroxyl groups is 1. The molecular weight excluding hydrogens is 450 g/mol. The Morgan fingerprint density at radius 2 is 1.91 bits per heavy atom. The lowest BCUT2D eigenvalue weighted by molar-refractivity contribution is 0.0668. The van der Waals surface area contributed by atoms with Crippen LogP contribution < -0.4 is 0 Å². The molecule has 0 radical (unpaired) electrons. The van der Waals surface area contributed by atoms with Gasteiger partial charge in [0.15, 0.2) is 0 Å². The Morgan fingerprint density at radius 3 is 2.54 bits per heavy atom. The monoisotopic (exact) mass is 480 g/mol. The van der Waals surface area contributed by atoms with Crippen LogP contribution in [0, 0.1) is 17.6 Å². The van der Waals surface area contributed by atoms with Crippen molar-refractivity contribution in [1.29, 1.82) is 0 Å². The van der Waals surface area contributed by atoms with Crippen molar-refractivity contribution >= 4 is 5.91 Å². The van der Waals surface area contributed by atoms with Crippen LogP contribution in [0.3, 0.4) is 0 Å². The maximum Gasteiger partial charge on any atom is 0.254 e. The van der Waals surface area contributed by atoms with Gasteiger partial charge in [-0.05, 0) is 61.4 Å². The number of nitrogens with zero attached hydrogens (tertiary/aromatic N) is 4. The quantitative estimate of drug-likeness (QED) is 0.506. The number of hydrogen-bond donors (Lipinski definition) is 1. The first-order chi connectivity index (χ1) is 16.7. The van der Waals surface area contributed by atoms with E-state index in [-0.39, 0.29) is 34.9 Å². The fourth-order valence-electron chi connectivity index (χ4n) is 5.08. The van der Waals surface area contributed by atoms with E-state index in [0.29, 0.717) is 18.7 Å². The van der Waals surface area contributed by atoms with Gasteiger partial charge in [-0.3, -0.25) is 4.79 Å². The number of pyridine rings is 1. The summed E-state index contributed by atoms with van der Waals surface area (Å²) in [4.78, 5) is 18.8. The molecule has 184 valence electrons. The summed E-state index contributed by atoms with van der Waals surface area (Å²) < 4.78 is 28.9. The molecular formula is C27H30F2N4O2. The van der Waals surface area contributed by atoms with Gasteiger partial charge >= 0.3 is 0 Å². The van der Waals surface area contributed by atoms with E-state index < -0.39 is 17.0 Å². The number of benzene rings is 1. The number of amides is 1. The molecule has 1 N–H and O–H groups in total. The first-order valence-electron chi connectivity index (χ1n) is 11.9. The molecule has 6 nitrogen and oxygen atoms in total. The molecule has 35 heavy (non-hydrogen) atoms. The van der Waals surface area contributed by atoms with Crippen molar-refractivity contribution in [3.8, 4) is 17.1 Å². The Labute approximate surface area is 204 Å². The number of carbonyl (C=O) groups is 1. The van der Waals surface area contributed by atoms with E-state index in [2.05, 4.69) is 36.0 Å². The first kappa shape index (κ1) is 24.7. The lowest BCUT2D eigenvalue weighted by atomic mass is 9.63. The molecule has 1 amide bonds. The van der Waals surface area contributed by atoms with Gasteiger partial charge < -0.3 is 10.0 Å². The van der Waals surface area contributed by atoms with E-state index >= 15 is 0 Å². The second kappa shape index (κ2) is 9.68. The van der Waals surface area contributed by atoms with Gasteiger partial charge in [0.1, 0.15) is 11.6 Å². The third kappa shape index (κ3) is 4.49. The second-order valence-corrected chi connectivity index (χ2v) is 9.60. The number of likely N-dealkylation sites (N-methyl/N-ethyl adjacent to an activating group) is 1. The Bertz CT molecular complexity index is 1230. The fraction of sp³-hybridized carbons (Fsp3) is 0.407. The summed E-state index contributed by atoms with van der Waals surface area (Å²) in [5.74, 6) is -1.53. The third-order valence-electron chi connectivity index (χ3n) is 7.31. The number of fused-ring (bicyclic) bond motifs is 1. The molecule has 2 aromatic heterocycles. The minimum Gasteiger partial charge on any atom is -0.493 e. The summed E-state index contributed by atoms with van der Waals surface area (Å²) in [5, 5.41) is 18.6. The van der Waals surface area contributed by atoms with Crippen LogP contribution >= 0.6 is 0 Å². The summed E-state index contributed by atoms with van der Waals surface area (Å²) in [5.41, 5.74) is 1.54. The average Bonchev–Trinajstić information content (AvgIpc) is 2.83. The van der Waals surface area contributed by atoms with Crippen molar-refractivity contribution < 1.29 is 18.7 Å². The highest BCUT2D eigenvalue weighted by Gasteiger charge is 2.45. The molecule has 4 rings (SSSR count). The van der Waals surface area contributed by atoms with E-state index in [1.165, 1.54) is 30.5 Å². The highest BCUT2D eigenvalue weighted by Crippen LogP contribution is 2.47. The second-order valence-electron chi connectivity index (χ2n) is 9.60. The van der Waals surface area contributed by atoms with Crippen LogP contribution in [0.2, 0.25) is 0 Å². The van der Waals surface area contributed by atoms with Gasteiger partial charge in [-0.25, -0.2) is 13.8 Å². The van der Waals surface area contributed by atoms with Gasteiger partial charge in [0, 0.05) is 36.3 Å². The van der Waals surface area contributed by atoms with Crippen LogP contribution in [-0.4, -0.2) is 44.2 Å². The number of carbonyl (C=O) groups excluding carboxylic acids is 1. The molecule has 3 aromatic rings. The lowest BCUT2D eigenvalue weighted by Gasteiger charge is -2.45. The molecule has 8 heteroatoms. The van der Waals surface area contributed by atoms with E-state index in [1.54, 1.807) is 17.0 Å². The normalized spacial score (nSPS) is 19.5. The van der Waals surface area contributed by atoms with E-state index in [4.69, 9.17) is 0 Å². The number of hydrogen-bond acceptors (Lipinski definition) is 5. The van der Waals surface area contributed by atoms with Crippen molar-refractivity contribution in [3.63, 3.8) is 0 Å². The van der Waals surface area contributed by atoms with Crippen LogP contribution in [0.5, 0.6) is 5.88 Å². The van der Waals surface area contributed by atoms with Gasteiger partial charge in [-0.1, -0.05) is 26.8 Å². The van der Waals surface area contributed by atoms with Gasteiger partial charge in [0.05, 0.1) is 17.0 Å². The van der Waals surface area contributed by atoms with E-state index in [0.717, 1.165) is 24.1 Å². The highest BCUT2D eigenvalue weighted by molar-refractivity contribution is 5.94. The molecule has 2 atom stereocenters. The minimum absolute atomic E-state index is 0.117. The number of aromatic nitrogens is 3. The predicted octanol–water partition coefficient (Wildman–Crippen LogP) is 5.48. The molecule has 0 spiro atoms. The smallest absolute Gasteiger partial charge is 0.254 e. The Balaban J connectivity index is 1.78. The van der Waals surface area contributed by atoms with Crippen molar-refractivity contribution in [3.05, 3.63) is 71.1 Å². The molecule has 1 aliphatic carbocycles. The zero-order valence-corrected chi connectivity index (χ0v) is 20.4. The van der Waals surface area contributed by atoms with Crippen molar-refractivity contribution in [1.82, 2.24) is 20.1 Å². The molecule has 0 saturated carbocycles.